The average Bonchev–Trinajstić information content (AvgIpc) is 2.03. The van der Waals surface area contributed by atoms with E-state index in [2.05, 4.69) is 0 Å². The molecule has 2 heteroatoms. The second kappa shape index (κ2) is 3.46. The van der Waals surface area contributed by atoms with Gasteiger partial charge in [0.25, 0.3) is 0 Å². The molecule has 1 aromatic carbocycles. The highest BCUT2D eigenvalue weighted by Gasteiger charge is 2.12. The highest BCUT2D eigenvalue weighted by molar-refractivity contribution is 6.17. The monoisotopic (exact) mass is 183 g/mol. The maximum Gasteiger partial charge on any atom is 0.0474 e. The predicted molar refractivity (Wildman–Crippen MR) is 53.2 cm³/mol. The lowest BCUT2D eigenvalue weighted by Crippen LogP contribution is -2.28. The van der Waals surface area contributed by atoms with Crippen molar-refractivity contribution in [1.29, 1.82) is 0 Å². The number of rotatable bonds is 2. The van der Waals surface area contributed by atoms with E-state index in [1.807, 2.05) is 38.1 Å². The summed E-state index contributed by atoms with van der Waals surface area (Å²) in [7, 11) is 0. The molecule has 12 heavy (non-hydrogen) atoms. The molecule has 66 valence electrons. The van der Waals surface area contributed by atoms with Gasteiger partial charge in [0.2, 0.25) is 0 Å². The molecule has 2 N–H and O–H groups in total. The summed E-state index contributed by atoms with van der Waals surface area (Å²) in [5.41, 5.74) is 7.92. The number of alkyl halides is 1. The fourth-order valence-corrected chi connectivity index (χ4v) is 1.20. The van der Waals surface area contributed by atoms with Crippen LogP contribution in [0.2, 0.25) is 0 Å². The van der Waals surface area contributed by atoms with Crippen LogP contribution in [0.15, 0.2) is 24.3 Å². The second-order valence-corrected chi connectivity index (χ2v) is 3.82. The molecule has 0 unspecified atom stereocenters. The van der Waals surface area contributed by atoms with Gasteiger partial charge in [0.05, 0.1) is 0 Å². The maximum absolute atomic E-state index is 5.92. The number of hydrogen-bond donors (Lipinski definition) is 1. The molecule has 0 heterocycles. The maximum atomic E-state index is 5.92. The van der Waals surface area contributed by atoms with Crippen LogP contribution in [0.25, 0.3) is 0 Å². The van der Waals surface area contributed by atoms with E-state index in [0.29, 0.717) is 5.88 Å². The third-order valence-electron chi connectivity index (χ3n) is 1.85. The Hall–Kier alpha value is -0.530. The van der Waals surface area contributed by atoms with Gasteiger partial charge in [0.1, 0.15) is 0 Å². The molecule has 1 aromatic rings. The number of hydrogen-bond acceptors (Lipinski definition) is 1. The Kier molecular flexibility index (Phi) is 2.76. The Morgan fingerprint density at radius 1 is 1.25 bits per heavy atom. The van der Waals surface area contributed by atoms with Crippen LogP contribution in [-0.2, 0) is 11.4 Å². The van der Waals surface area contributed by atoms with Crippen molar-refractivity contribution in [2.24, 2.45) is 5.73 Å². The van der Waals surface area contributed by atoms with Crippen LogP contribution in [-0.4, -0.2) is 0 Å². The van der Waals surface area contributed by atoms with Gasteiger partial charge in [-0.2, -0.15) is 0 Å². The number of benzene rings is 1. The number of nitrogens with two attached hydrogens (primary N) is 1. The van der Waals surface area contributed by atoms with Gasteiger partial charge in [-0.15, -0.1) is 11.6 Å². The van der Waals surface area contributed by atoms with Gasteiger partial charge < -0.3 is 5.73 Å². The Morgan fingerprint density at radius 3 is 2.08 bits per heavy atom. The molecule has 1 rings (SSSR count). The molecule has 0 radical (unpaired) electrons. The smallest absolute Gasteiger partial charge is 0.0474 e. The van der Waals surface area contributed by atoms with Crippen LogP contribution in [0.4, 0.5) is 0 Å². The molecule has 0 saturated heterocycles. The largest absolute Gasteiger partial charge is 0.322 e. The van der Waals surface area contributed by atoms with E-state index in [0.717, 1.165) is 11.1 Å². The molecule has 0 aliphatic rings. The highest BCUT2D eigenvalue weighted by Crippen LogP contribution is 2.17. The fraction of sp³-hybridized carbons (Fsp3) is 0.400. The second-order valence-electron chi connectivity index (χ2n) is 3.55. The first-order valence-electron chi connectivity index (χ1n) is 3.98. The fourth-order valence-electron chi connectivity index (χ4n) is 1.02. The van der Waals surface area contributed by atoms with Crippen LogP contribution < -0.4 is 5.73 Å². The minimum Gasteiger partial charge on any atom is -0.322 e. The van der Waals surface area contributed by atoms with Gasteiger partial charge in [-0.05, 0) is 25.0 Å². The SMILES string of the molecule is CC(C)(N)c1ccc(CCl)cc1. The Balaban J connectivity index is 2.93. The van der Waals surface area contributed by atoms with E-state index in [-0.39, 0.29) is 5.54 Å². The van der Waals surface area contributed by atoms with Crippen LogP contribution >= 0.6 is 11.6 Å². The molecule has 0 aliphatic carbocycles. The summed E-state index contributed by atoms with van der Waals surface area (Å²) in [6.45, 7) is 3.98. The van der Waals surface area contributed by atoms with E-state index in [4.69, 9.17) is 17.3 Å². The van der Waals surface area contributed by atoms with E-state index in [1.54, 1.807) is 0 Å². The minimum absolute atomic E-state index is 0.259. The highest BCUT2D eigenvalue weighted by atomic mass is 35.5. The van der Waals surface area contributed by atoms with Crippen LogP contribution in [0.1, 0.15) is 25.0 Å². The van der Waals surface area contributed by atoms with E-state index in [9.17, 15) is 0 Å². The minimum atomic E-state index is -0.259. The molecule has 1 nitrogen and oxygen atoms in total. The number of halogens is 1. The summed E-state index contributed by atoms with van der Waals surface area (Å²) < 4.78 is 0. The molecule has 0 amide bonds. The first kappa shape index (κ1) is 9.56. The Labute approximate surface area is 78.5 Å². The van der Waals surface area contributed by atoms with Gasteiger partial charge in [0.15, 0.2) is 0 Å². The summed E-state index contributed by atoms with van der Waals surface area (Å²) in [5.74, 6) is 0.561. The average molecular weight is 184 g/mol. The van der Waals surface area contributed by atoms with E-state index in [1.165, 1.54) is 0 Å². The quantitative estimate of drug-likeness (QED) is 0.701. The van der Waals surface area contributed by atoms with Crippen LogP contribution in [0, 0.1) is 0 Å². The zero-order chi connectivity index (χ0) is 9.19. The van der Waals surface area contributed by atoms with Crippen molar-refractivity contribution in [2.45, 2.75) is 25.3 Å². The van der Waals surface area contributed by atoms with E-state index < -0.39 is 0 Å². The van der Waals surface area contributed by atoms with Crippen molar-refractivity contribution in [1.82, 2.24) is 0 Å². The molecular weight excluding hydrogens is 170 g/mol. The molecule has 0 aliphatic heterocycles. The summed E-state index contributed by atoms with van der Waals surface area (Å²) in [6, 6.07) is 8.07. The lowest BCUT2D eigenvalue weighted by atomic mass is 9.95. The van der Waals surface area contributed by atoms with Crippen molar-refractivity contribution in [3.05, 3.63) is 35.4 Å². The third-order valence-corrected chi connectivity index (χ3v) is 2.16. The molecule has 0 fully saturated rings. The van der Waals surface area contributed by atoms with Crippen molar-refractivity contribution in [3.8, 4) is 0 Å². The molecule has 0 bridgehead atoms. The summed E-state index contributed by atoms with van der Waals surface area (Å²) in [5, 5.41) is 0. The third kappa shape index (κ3) is 2.23. The zero-order valence-corrected chi connectivity index (χ0v) is 8.23. The molecular formula is C10H14ClN. The van der Waals surface area contributed by atoms with Gasteiger partial charge in [-0.3, -0.25) is 0 Å². The van der Waals surface area contributed by atoms with Crippen molar-refractivity contribution in [3.63, 3.8) is 0 Å². The predicted octanol–water partition coefficient (Wildman–Crippen LogP) is 2.62. The van der Waals surface area contributed by atoms with Crippen LogP contribution in [0.3, 0.4) is 0 Å². The zero-order valence-electron chi connectivity index (χ0n) is 7.47. The molecule has 0 saturated carbocycles. The molecule has 0 atom stereocenters. The lowest BCUT2D eigenvalue weighted by Gasteiger charge is -2.18. The normalized spacial score (nSPS) is 11.7. The van der Waals surface area contributed by atoms with E-state index >= 15 is 0 Å². The molecule has 0 aromatic heterocycles. The standard InChI is InChI=1S/C10H14ClN/c1-10(2,12)9-5-3-8(7-11)4-6-9/h3-6H,7,12H2,1-2H3. The summed E-state index contributed by atoms with van der Waals surface area (Å²) in [6.07, 6.45) is 0. The first-order valence-corrected chi connectivity index (χ1v) is 4.52. The van der Waals surface area contributed by atoms with Crippen LogP contribution in [0.5, 0.6) is 0 Å². The van der Waals surface area contributed by atoms with Gasteiger partial charge in [-0.1, -0.05) is 24.3 Å². The van der Waals surface area contributed by atoms with Crippen molar-refractivity contribution < 1.29 is 0 Å². The van der Waals surface area contributed by atoms with Crippen molar-refractivity contribution in [2.75, 3.05) is 0 Å². The van der Waals surface area contributed by atoms with Gasteiger partial charge >= 0.3 is 0 Å². The van der Waals surface area contributed by atoms with Gasteiger partial charge in [0, 0.05) is 11.4 Å². The lowest BCUT2D eigenvalue weighted by molar-refractivity contribution is 0.554. The van der Waals surface area contributed by atoms with Gasteiger partial charge in [-0.25, -0.2) is 0 Å². The topological polar surface area (TPSA) is 26.0 Å². The Morgan fingerprint density at radius 2 is 1.75 bits per heavy atom. The summed E-state index contributed by atoms with van der Waals surface area (Å²) in [4.78, 5) is 0. The Bertz CT molecular complexity index is 246. The van der Waals surface area contributed by atoms with Crippen molar-refractivity contribution >= 4 is 11.6 Å². The first-order chi connectivity index (χ1) is 5.54. The molecule has 0 spiro atoms. The summed E-state index contributed by atoms with van der Waals surface area (Å²) >= 11 is 5.66.